The third kappa shape index (κ3) is 3.82. The number of hydrogen-bond acceptors (Lipinski definition) is 2. The highest BCUT2D eigenvalue weighted by atomic mass is 79.9. The lowest BCUT2D eigenvalue weighted by molar-refractivity contribution is 0.0688. The molecule has 2 rings (SSSR count). The van der Waals surface area contributed by atoms with Crippen molar-refractivity contribution in [2.45, 2.75) is 26.4 Å². The van der Waals surface area contributed by atoms with Gasteiger partial charge >= 0.3 is 0 Å². The zero-order valence-corrected chi connectivity index (χ0v) is 14.7. The second kappa shape index (κ2) is 6.86. The standard InChI is InChI=1S/C15H14BrCl2NO2/c1-9(2)19(15(20)11-5-6-21-14(11)16)8-10-3-4-12(17)13(18)7-10/h3-7,9H,8H2,1-2H3. The molecule has 0 spiro atoms. The molecule has 21 heavy (non-hydrogen) atoms. The maximum absolute atomic E-state index is 12.6. The molecule has 1 aromatic heterocycles. The van der Waals surface area contributed by atoms with Gasteiger partial charge in [-0.3, -0.25) is 4.79 Å². The number of furan rings is 1. The number of benzene rings is 1. The number of nitrogens with zero attached hydrogens (tertiary/aromatic N) is 1. The van der Waals surface area contributed by atoms with Gasteiger partial charge in [0.15, 0.2) is 4.67 Å². The number of carbonyl (C=O) groups excluding carboxylic acids is 1. The van der Waals surface area contributed by atoms with Crippen LogP contribution >= 0.6 is 39.1 Å². The van der Waals surface area contributed by atoms with Gasteiger partial charge < -0.3 is 9.32 Å². The molecule has 3 nitrogen and oxygen atoms in total. The molecule has 0 radical (unpaired) electrons. The summed E-state index contributed by atoms with van der Waals surface area (Å²) in [6.45, 7) is 4.37. The lowest BCUT2D eigenvalue weighted by atomic mass is 10.1. The van der Waals surface area contributed by atoms with Gasteiger partial charge in [0, 0.05) is 12.6 Å². The van der Waals surface area contributed by atoms with Crippen molar-refractivity contribution in [3.05, 3.63) is 56.4 Å². The van der Waals surface area contributed by atoms with Crippen LogP contribution in [-0.4, -0.2) is 16.8 Å². The van der Waals surface area contributed by atoms with Crippen LogP contribution in [0.3, 0.4) is 0 Å². The molecule has 0 aliphatic carbocycles. The molecular weight excluding hydrogens is 377 g/mol. The fourth-order valence-electron chi connectivity index (χ4n) is 1.92. The summed E-state index contributed by atoms with van der Waals surface area (Å²) in [5.41, 5.74) is 1.43. The molecule has 112 valence electrons. The van der Waals surface area contributed by atoms with Crippen LogP contribution in [0.15, 0.2) is 39.6 Å². The average molecular weight is 391 g/mol. The number of hydrogen-bond donors (Lipinski definition) is 0. The Labute approximate surface area is 142 Å². The predicted octanol–water partition coefficient (Wildman–Crippen LogP) is 5.40. The summed E-state index contributed by atoms with van der Waals surface area (Å²) in [6.07, 6.45) is 1.48. The Morgan fingerprint density at radius 1 is 1.29 bits per heavy atom. The lowest BCUT2D eigenvalue weighted by Crippen LogP contribution is -2.36. The zero-order valence-electron chi connectivity index (χ0n) is 11.6. The topological polar surface area (TPSA) is 33.5 Å². The maximum Gasteiger partial charge on any atom is 0.258 e. The van der Waals surface area contributed by atoms with E-state index in [1.54, 1.807) is 23.1 Å². The van der Waals surface area contributed by atoms with E-state index in [4.69, 9.17) is 27.6 Å². The minimum atomic E-state index is -0.100. The molecule has 1 heterocycles. The van der Waals surface area contributed by atoms with E-state index in [9.17, 15) is 4.79 Å². The van der Waals surface area contributed by atoms with Crippen LogP contribution in [0.5, 0.6) is 0 Å². The lowest BCUT2D eigenvalue weighted by Gasteiger charge is -2.26. The number of rotatable bonds is 4. The second-order valence-electron chi connectivity index (χ2n) is 4.88. The molecule has 0 aliphatic heterocycles. The first-order valence-electron chi connectivity index (χ1n) is 6.38. The van der Waals surface area contributed by atoms with E-state index in [1.165, 1.54) is 6.26 Å². The first-order chi connectivity index (χ1) is 9.90. The van der Waals surface area contributed by atoms with Crippen molar-refractivity contribution in [1.29, 1.82) is 0 Å². The van der Waals surface area contributed by atoms with Gasteiger partial charge in [-0.05, 0) is 53.5 Å². The van der Waals surface area contributed by atoms with Gasteiger partial charge in [0.25, 0.3) is 5.91 Å². The van der Waals surface area contributed by atoms with Crippen LogP contribution in [0.25, 0.3) is 0 Å². The molecule has 0 N–H and O–H groups in total. The summed E-state index contributed by atoms with van der Waals surface area (Å²) in [6, 6.07) is 7.05. The maximum atomic E-state index is 12.6. The quantitative estimate of drug-likeness (QED) is 0.700. The van der Waals surface area contributed by atoms with E-state index in [-0.39, 0.29) is 11.9 Å². The first-order valence-corrected chi connectivity index (χ1v) is 7.93. The average Bonchev–Trinajstić information content (AvgIpc) is 2.85. The SMILES string of the molecule is CC(C)N(Cc1ccc(Cl)c(Cl)c1)C(=O)c1ccoc1Br. The zero-order chi connectivity index (χ0) is 15.6. The van der Waals surface area contributed by atoms with E-state index in [2.05, 4.69) is 15.9 Å². The van der Waals surface area contributed by atoms with Crippen LogP contribution in [0, 0.1) is 0 Å². The molecule has 6 heteroatoms. The molecule has 0 fully saturated rings. The molecule has 0 atom stereocenters. The molecule has 0 unspecified atom stereocenters. The Morgan fingerprint density at radius 3 is 2.52 bits per heavy atom. The predicted molar refractivity (Wildman–Crippen MR) is 87.9 cm³/mol. The van der Waals surface area contributed by atoms with E-state index < -0.39 is 0 Å². The van der Waals surface area contributed by atoms with Crippen molar-refractivity contribution in [3.63, 3.8) is 0 Å². The Kier molecular flexibility index (Phi) is 5.36. The van der Waals surface area contributed by atoms with Crippen molar-refractivity contribution >= 4 is 45.0 Å². The summed E-state index contributed by atoms with van der Waals surface area (Å²) in [7, 11) is 0. The van der Waals surface area contributed by atoms with Gasteiger partial charge in [0.05, 0.1) is 21.9 Å². The van der Waals surface area contributed by atoms with Crippen LogP contribution in [0.1, 0.15) is 29.8 Å². The number of carbonyl (C=O) groups is 1. The number of halogens is 3. The highest BCUT2D eigenvalue weighted by Gasteiger charge is 2.22. The summed E-state index contributed by atoms with van der Waals surface area (Å²) >= 11 is 15.2. The second-order valence-corrected chi connectivity index (χ2v) is 6.42. The fraction of sp³-hybridized carbons (Fsp3) is 0.267. The van der Waals surface area contributed by atoms with E-state index in [1.807, 2.05) is 19.9 Å². The molecular formula is C15H14BrCl2NO2. The highest BCUT2D eigenvalue weighted by molar-refractivity contribution is 9.10. The fourth-order valence-corrected chi connectivity index (χ4v) is 2.65. The molecule has 2 aromatic rings. The highest BCUT2D eigenvalue weighted by Crippen LogP contribution is 2.25. The number of amides is 1. The molecule has 0 saturated carbocycles. The van der Waals surface area contributed by atoms with Gasteiger partial charge in [-0.1, -0.05) is 29.3 Å². The molecule has 0 saturated heterocycles. The van der Waals surface area contributed by atoms with E-state index >= 15 is 0 Å². The minimum Gasteiger partial charge on any atom is -0.457 e. The van der Waals surface area contributed by atoms with Crippen LogP contribution in [0.2, 0.25) is 10.0 Å². The van der Waals surface area contributed by atoms with Gasteiger partial charge in [-0.25, -0.2) is 0 Å². The Hall–Kier alpha value is -0.970. The van der Waals surface area contributed by atoms with Gasteiger partial charge in [-0.15, -0.1) is 0 Å². The summed E-state index contributed by atoms with van der Waals surface area (Å²) in [5, 5.41) is 0.982. The van der Waals surface area contributed by atoms with Crippen molar-refractivity contribution < 1.29 is 9.21 Å². The Balaban J connectivity index is 2.25. The van der Waals surface area contributed by atoms with Gasteiger partial charge in [0.1, 0.15) is 0 Å². The monoisotopic (exact) mass is 389 g/mol. The van der Waals surface area contributed by atoms with Crippen LogP contribution in [0.4, 0.5) is 0 Å². The Morgan fingerprint density at radius 2 is 2.00 bits per heavy atom. The van der Waals surface area contributed by atoms with Crippen molar-refractivity contribution in [3.8, 4) is 0 Å². The third-order valence-electron chi connectivity index (χ3n) is 3.07. The Bertz CT molecular complexity index is 655. The van der Waals surface area contributed by atoms with Crippen molar-refractivity contribution in [2.24, 2.45) is 0 Å². The third-order valence-corrected chi connectivity index (χ3v) is 4.42. The van der Waals surface area contributed by atoms with Crippen LogP contribution < -0.4 is 0 Å². The molecule has 1 aromatic carbocycles. The summed E-state index contributed by atoms with van der Waals surface area (Å²) in [5.74, 6) is -0.100. The molecule has 0 bridgehead atoms. The normalized spacial score (nSPS) is 11.0. The van der Waals surface area contributed by atoms with Crippen molar-refractivity contribution in [1.82, 2.24) is 4.90 Å². The van der Waals surface area contributed by atoms with Crippen molar-refractivity contribution in [2.75, 3.05) is 0 Å². The van der Waals surface area contributed by atoms with E-state index in [0.29, 0.717) is 26.8 Å². The summed E-state index contributed by atoms with van der Waals surface area (Å²) in [4.78, 5) is 14.3. The van der Waals surface area contributed by atoms with E-state index in [0.717, 1.165) is 5.56 Å². The smallest absolute Gasteiger partial charge is 0.258 e. The van der Waals surface area contributed by atoms with Crippen LogP contribution in [-0.2, 0) is 6.54 Å². The largest absolute Gasteiger partial charge is 0.457 e. The molecule has 0 aliphatic rings. The summed E-state index contributed by atoms with van der Waals surface area (Å²) < 4.78 is 5.57. The van der Waals surface area contributed by atoms with Gasteiger partial charge in [-0.2, -0.15) is 0 Å². The van der Waals surface area contributed by atoms with Gasteiger partial charge in [0.2, 0.25) is 0 Å². The minimum absolute atomic E-state index is 0.0359. The first kappa shape index (κ1) is 16.4. The molecule has 1 amide bonds.